The van der Waals surface area contributed by atoms with E-state index in [-0.39, 0.29) is 22.8 Å². The van der Waals surface area contributed by atoms with Crippen LogP contribution in [0.25, 0.3) is 0 Å². The lowest BCUT2D eigenvalue weighted by Crippen LogP contribution is -2.21. The number of amidine groups is 1. The van der Waals surface area contributed by atoms with Gasteiger partial charge < -0.3 is 10.5 Å². The van der Waals surface area contributed by atoms with Crippen LogP contribution in [0.3, 0.4) is 0 Å². The summed E-state index contributed by atoms with van der Waals surface area (Å²) in [7, 11) is 0. The molecule has 2 aromatic carbocycles. The van der Waals surface area contributed by atoms with E-state index in [1.165, 1.54) is 18.2 Å². The Morgan fingerprint density at radius 2 is 2.12 bits per heavy atom. The molecule has 0 atom stereocenters. The van der Waals surface area contributed by atoms with Gasteiger partial charge in [-0.1, -0.05) is 18.2 Å². The summed E-state index contributed by atoms with van der Waals surface area (Å²) in [5.41, 5.74) is 8.19. The molecule has 0 aliphatic heterocycles. The molecular formula is C16H14N6O3. The molecule has 9 heteroatoms. The summed E-state index contributed by atoms with van der Waals surface area (Å²) < 4.78 is 5.70. The lowest BCUT2D eigenvalue weighted by atomic mass is 10.2. The van der Waals surface area contributed by atoms with E-state index < -0.39 is 10.8 Å². The summed E-state index contributed by atoms with van der Waals surface area (Å²) in [5, 5.41) is 30.8. The number of benzene rings is 2. The molecule has 25 heavy (non-hydrogen) atoms. The third-order valence-electron chi connectivity index (χ3n) is 3.08. The maximum atomic E-state index is 11.1. The Morgan fingerprint density at radius 1 is 1.40 bits per heavy atom. The molecule has 0 heterocycles. The zero-order chi connectivity index (χ0) is 18.4. The number of hydrogen-bond donors (Lipinski definition) is 3. The van der Waals surface area contributed by atoms with Crippen molar-refractivity contribution < 1.29 is 9.66 Å². The number of ether oxygens (including phenoxy) is 1. The third-order valence-corrected chi connectivity index (χ3v) is 3.08. The molecule has 0 saturated carbocycles. The van der Waals surface area contributed by atoms with E-state index in [1.807, 2.05) is 19.1 Å². The van der Waals surface area contributed by atoms with Crippen molar-refractivity contribution in [2.24, 2.45) is 10.8 Å². The van der Waals surface area contributed by atoms with Gasteiger partial charge in [0.25, 0.3) is 5.69 Å². The summed E-state index contributed by atoms with van der Waals surface area (Å²) in [6.07, 6.45) is 0. The van der Waals surface area contributed by atoms with Crippen molar-refractivity contribution >= 4 is 22.9 Å². The molecule has 0 unspecified atom stereocenters. The molecule has 0 aliphatic rings. The first-order valence-electron chi connectivity index (χ1n) is 7.02. The second-order valence-electron chi connectivity index (χ2n) is 4.94. The van der Waals surface area contributed by atoms with Crippen LogP contribution in [0.4, 0.5) is 11.4 Å². The number of nitrogens with one attached hydrogen (secondary N) is 2. The summed E-state index contributed by atoms with van der Waals surface area (Å²) in [4.78, 5) is 10.5. The number of hydrazone groups is 1. The molecule has 0 fully saturated rings. The zero-order valence-corrected chi connectivity index (χ0v) is 13.2. The van der Waals surface area contributed by atoms with Crippen LogP contribution < -0.4 is 15.9 Å². The number of nitro benzene ring substituents is 1. The first-order valence-corrected chi connectivity index (χ1v) is 7.02. The van der Waals surface area contributed by atoms with Crippen LogP contribution >= 0.6 is 0 Å². The highest BCUT2D eigenvalue weighted by Crippen LogP contribution is 2.31. The number of nitrogens with two attached hydrogens (primary N) is 1. The van der Waals surface area contributed by atoms with Gasteiger partial charge in [0, 0.05) is 12.1 Å². The normalized spacial score (nSPS) is 10.6. The number of aryl methyl sites for hydroxylation is 1. The maximum Gasteiger partial charge on any atom is 0.275 e. The van der Waals surface area contributed by atoms with Gasteiger partial charge in [-0.25, -0.2) is 0 Å². The van der Waals surface area contributed by atoms with Gasteiger partial charge in [-0.05, 0) is 18.6 Å². The van der Waals surface area contributed by atoms with Crippen molar-refractivity contribution in [2.75, 3.05) is 5.43 Å². The Bertz CT molecular complexity index is 901. The quantitative estimate of drug-likeness (QED) is 0.319. The first-order chi connectivity index (χ1) is 11.9. The monoisotopic (exact) mass is 338 g/mol. The Kier molecular flexibility index (Phi) is 5.27. The number of rotatable bonds is 6. The fraction of sp³-hybridized carbons (Fsp3) is 0.0625. The number of anilines is 1. The number of non-ortho nitro benzene ring substituents is 1. The van der Waals surface area contributed by atoms with Gasteiger partial charge in [-0.3, -0.25) is 20.9 Å². The predicted octanol–water partition coefficient (Wildman–Crippen LogP) is 2.92. The number of para-hydroxylation sites is 1. The van der Waals surface area contributed by atoms with Crippen LogP contribution in [0.5, 0.6) is 11.5 Å². The predicted molar refractivity (Wildman–Crippen MR) is 92.9 cm³/mol. The smallest absolute Gasteiger partial charge is 0.275 e. The number of nitrogens with zero attached hydrogens (tertiary/aromatic N) is 3. The molecule has 0 aromatic heterocycles. The van der Waals surface area contributed by atoms with Crippen LogP contribution in [0.15, 0.2) is 47.6 Å². The molecular weight excluding hydrogens is 324 g/mol. The molecule has 9 nitrogen and oxygen atoms in total. The van der Waals surface area contributed by atoms with Gasteiger partial charge in [0.2, 0.25) is 5.71 Å². The van der Waals surface area contributed by atoms with Crippen molar-refractivity contribution in [1.29, 1.82) is 10.7 Å². The molecule has 2 rings (SSSR count). The molecule has 126 valence electrons. The summed E-state index contributed by atoms with van der Waals surface area (Å²) in [5.74, 6) is 0.262. The van der Waals surface area contributed by atoms with Gasteiger partial charge in [0.1, 0.15) is 17.6 Å². The highest BCUT2D eigenvalue weighted by Gasteiger charge is 2.12. The van der Waals surface area contributed by atoms with Crippen molar-refractivity contribution in [3.8, 4) is 17.6 Å². The van der Waals surface area contributed by atoms with Crippen LogP contribution in [0, 0.1) is 33.8 Å². The second kappa shape index (κ2) is 7.56. The lowest BCUT2D eigenvalue weighted by Gasteiger charge is -2.10. The van der Waals surface area contributed by atoms with E-state index in [9.17, 15) is 10.1 Å². The molecule has 0 aliphatic carbocycles. The van der Waals surface area contributed by atoms with E-state index in [0.29, 0.717) is 5.75 Å². The minimum absolute atomic E-state index is 0.215. The summed E-state index contributed by atoms with van der Waals surface area (Å²) in [6, 6.07) is 12.9. The number of nitriles is 1. The van der Waals surface area contributed by atoms with Crippen molar-refractivity contribution in [3.63, 3.8) is 0 Å². The van der Waals surface area contributed by atoms with E-state index in [4.69, 9.17) is 21.1 Å². The molecule has 0 saturated heterocycles. The SMILES string of the molecule is Cc1ccccc1Oc1cc(N/N=C(\C#N)C(=N)N)cc([N+](=O)[O-])c1. The molecule has 4 N–H and O–H groups in total. The van der Waals surface area contributed by atoms with Crippen LogP contribution in [0.2, 0.25) is 0 Å². The van der Waals surface area contributed by atoms with E-state index in [1.54, 1.807) is 18.2 Å². The third kappa shape index (κ3) is 4.52. The lowest BCUT2D eigenvalue weighted by molar-refractivity contribution is -0.384. The van der Waals surface area contributed by atoms with Crippen molar-refractivity contribution in [2.45, 2.75) is 6.92 Å². The van der Waals surface area contributed by atoms with Crippen LogP contribution in [-0.2, 0) is 0 Å². The maximum absolute atomic E-state index is 11.1. The average molecular weight is 338 g/mol. The Hall–Kier alpha value is -3.93. The van der Waals surface area contributed by atoms with E-state index in [2.05, 4.69) is 10.5 Å². The van der Waals surface area contributed by atoms with Crippen LogP contribution in [-0.4, -0.2) is 16.5 Å². The minimum atomic E-state index is -0.574. The van der Waals surface area contributed by atoms with Gasteiger partial charge in [0.15, 0.2) is 5.84 Å². The first kappa shape index (κ1) is 17.4. The highest BCUT2D eigenvalue weighted by atomic mass is 16.6. The van der Waals surface area contributed by atoms with Gasteiger partial charge >= 0.3 is 0 Å². The Morgan fingerprint density at radius 3 is 2.72 bits per heavy atom. The van der Waals surface area contributed by atoms with Crippen molar-refractivity contribution in [1.82, 2.24) is 0 Å². The molecule has 0 spiro atoms. The standard InChI is InChI=1S/C16H14N6O3/c1-10-4-2-3-5-15(10)25-13-7-11(6-12(8-13)22(23)24)20-21-14(9-17)16(18)19/h2-8,20H,1H3,(H3,18,19)/b21-14+. The van der Waals surface area contributed by atoms with Gasteiger partial charge in [-0.2, -0.15) is 10.4 Å². The fourth-order valence-corrected chi connectivity index (χ4v) is 1.88. The zero-order valence-electron chi connectivity index (χ0n) is 13.2. The number of hydrogen-bond acceptors (Lipinski definition) is 7. The molecule has 0 bridgehead atoms. The van der Waals surface area contributed by atoms with Gasteiger partial charge in [0.05, 0.1) is 16.7 Å². The topological polar surface area (TPSA) is 150 Å². The summed E-state index contributed by atoms with van der Waals surface area (Å²) in [6.45, 7) is 1.85. The van der Waals surface area contributed by atoms with Crippen LogP contribution in [0.1, 0.15) is 5.56 Å². The largest absolute Gasteiger partial charge is 0.457 e. The summed E-state index contributed by atoms with van der Waals surface area (Å²) >= 11 is 0. The van der Waals surface area contributed by atoms with E-state index in [0.717, 1.165) is 5.56 Å². The highest BCUT2D eigenvalue weighted by molar-refractivity contribution is 6.45. The van der Waals surface area contributed by atoms with Gasteiger partial charge in [-0.15, -0.1) is 0 Å². The molecule has 2 aromatic rings. The molecule has 0 radical (unpaired) electrons. The fourth-order valence-electron chi connectivity index (χ4n) is 1.88. The minimum Gasteiger partial charge on any atom is -0.457 e. The van der Waals surface area contributed by atoms with Crippen molar-refractivity contribution in [3.05, 3.63) is 58.1 Å². The Balaban J connectivity index is 2.37. The second-order valence-corrected chi connectivity index (χ2v) is 4.94. The van der Waals surface area contributed by atoms with E-state index >= 15 is 0 Å². The number of nitro groups is 1. The molecule has 0 amide bonds. The average Bonchev–Trinajstić information content (AvgIpc) is 2.57. The Labute approximate surface area is 143 Å².